The van der Waals surface area contributed by atoms with E-state index in [-0.39, 0.29) is 17.8 Å². The maximum atomic E-state index is 13.1. The molecule has 1 amide bonds. The number of aromatic nitrogens is 1. The number of nitrogens with one attached hydrogen (secondary N) is 1. The Balaban J connectivity index is 1.76. The molecule has 126 valence electrons. The Morgan fingerprint density at radius 1 is 1.38 bits per heavy atom. The standard InChI is InChI=1S/C18H20FN3O2/c1-2-20-18(23)16-11-15(7-8-21-16)22-9-10-24-17(12-22)13-3-5-14(19)6-4-13/h3-8,11,17H,2,9-10,12H2,1H3,(H,20,23)/t17-/m1/s1. The van der Waals surface area contributed by atoms with E-state index < -0.39 is 0 Å². The number of pyridine rings is 1. The Kier molecular flexibility index (Phi) is 5.05. The topological polar surface area (TPSA) is 54.5 Å². The minimum Gasteiger partial charge on any atom is -0.370 e. The molecule has 24 heavy (non-hydrogen) atoms. The van der Waals surface area contributed by atoms with Crippen molar-refractivity contribution in [1.29, 1.82) is 0 Å². The van der Waals surface area contributed by atoms with E-state index in [1.54, 1.807) is 24.4 Å². The fraction of sp³-hybridized carbons (Fsp3) is 0.333. The van der Waals surface area contributed by atoms with E-state index in [1.807, 2.05) is 13.0 Å². The molecule has 1 aromatic carbocycles. The molecule has 2 heterocycles. The highest BCUT2D eigenvalue weighted by Gasteiger charge is 2.23. The molecule has 5 nitrogen and oxygen atoms in total. The number of morpholine rings is 1. The van der Waals surface area contributed by atoms with Crippen LogP contribution in [0.5, 0.6) is 0 Å². The first-order valence-electron chi connectivity index (χ1n) is 8.03. The number of hydrogen-bond donors (Lipinski definition) is 1. The second-order valence-corrected chi connectivity index (χ2v) is 5.62. The van der Waals surface area contributed by atoms with Gasteiger partial charge in [-0.25, -0.2) is 4.39 Å². The van der Waals surface area contributed by atoms with E-state index in [4.69, 9.17) is 4.74 Å². The van der Waals surface area contributed by atoms with Crippen molar-refractivity contribution in [2.75, 3.05) is 31.1 Å². The van der Waals surface area contributed by atoms with Crippen molar-refractivity contribution in [1.82, 2.24) is 10.3 Å². The minimum atomic E-state index is -0.257. The van der Waals surface area contributed by atoms with E-state index in [0.29, 0.717) is 25.4 Å². The van der Waals surface area contributed by atoms with Crippen LogP contribution >= 0.6 is 0 Å². The quantitative estimate of drug-likeness (QED) is 0.937. The second kappa shape index (κ2) is 7.40. The Bertz CT molecular complexity index is 706. The lowest BCUT2D eigenvalue weighted by Crippen LogP contribution is -2.38. The summed E-state index contributed by atoms with van der Waals surface area (Å²) in [6, 6.07) is 10.1. The first-order valence-corrected chi connectivity index (χ1v) is 8.03. The Hall–Kier alpha value is -2.47. The Morgan fingerprint density at radius 3 is 2.92 bits per heavy atom. The van der Waals surface area contributed by atoms with Crippen LogP contribution < -0.4 is 10.2 Å². The number of carbonyl (C=O) groups is 1. The number of nitrogens with zero attached hydrogens (tertiary/aromatic N) is 2. The van der Waals surface area contributed by atoms with Crippen LogP contribution in [-0.4, -0.2) is 37.1 Å². The maximum absolute atomic E-state index is 13.1. The predicted molar refractivity (Wildman–Crippen MR) is 89.6 cm³/mol. The highest BCUT2D eigenvalue weighted by molar-refractivity contribution is 5.93. The average molecular weight is 329 g/mol. The van der Waals surface area contributed by atoms with Gasteiger partial charge in [-0.3, -0.25) is 9.78 Å². The molecule has 1 aliphatic rings. The zero-order chi connectivity index (χ0) is 16.9. The number of carbonyl (C=O) groups excluding carboxylic acids is 1. The van der Waals surface area contributed by atoms with Gasteiger partial charge in [-0.15, -0.1) is 0 Å². The molecule has 0 aliphatic carbocycles. The van der Waals surface area contributed by atoms with E-state index in [1.165, 1.54) is 12.1 Å². The van der Waals surface area contributed by atoms with Crippen LogP contribution in [-0.2, 0) is 4.74 Å². The summed E-state index contributed by atoms with van der Waals surface area (Å²) in [6.07, 6.45) is 1.52. The van der Waals surface area contributed by atoms with E-state index in [2.05, 4.69) is 15.2 Å². The number of halogens is 1. The van der Waals surface area contributed by atoms with Crippen molar-refractivity contribution in [3.8, 4) is 0 Å². The summed E-state index contributed by atoms with van der Waals surface area (Å²) in [5.41, 5.74) is 2.28. The Morgan fingerprint density at radius 2 is 2.17 bits per heavy atom. The van der Waals surface area contributed by atoms with E-state index >= 15 is 0 Å². The normalized spacial score (nSPS) is 17.6. The SMILES string of the molecule is CCNC(=O)c1cc(N2CCO[C@@H](c3ccc(F)cc3)C2)ccn1. The minimum absolute atomic E-state index is 0.125. The first kappa shape index (κ1) is 16.4. The molecular formula is C18H20FN3O2. The van der Waals surface area contributed by atoms with Gasteiger partial charge in [-0.2, -0.15) is 0 Å². The molecule has 1 aliphatic heterocycles. The first-order chi connectivity index (χ1) is 11.7. The lowest BCUT2D eigenvalue weighted by atomic mass is 10.1. The summed E-state index contributed by atoms with van der Waals surface area (Å²) in [5, 5.41) is 2.75. The number of benzene rings is 1. The summed E-state index contributed by atoms with van der Waals surface area (Å²) in [6.45, 7) is 4.38. The van der Waals surface area contributed by atoms with Crippen molar-refractivity contribution < 1.29 is 13.9 Å². The lowest BCUT2D eigenvalue weighted by molar-refractivity contribution is 0.0397. The third kappa shape index (κ3) is 3.71. The lowest BCUT2D eigenvalue weighted by Gasteiger charge is -2.34. The largest absolute Gasteiger partial charge is 0.370 e. The van der Waals surface area contributed by atoms with Crippen LogP contribution in [0.3, 0.4) is 0 Å². The molecule has 1 saturated heterocycles. The molecular weight excluding hydrogens is 309 g/mol. The van der Waals surface area contributed by atoms with Gasteiger partial charge < -0.3 is 15.0 Å². The number of anilines is 1. The fourth-order valence-corrected chi connectivity index (χ4v) is 2.75. The molecule has 0 bridgehead atoms. The summed E-state index contributed by atoms with van der Waals surface area (Å²) in [5.74, 6) is -0.435. The summed E-state index contributed by atoms with van der Waals surface area (Å²) < 4.78 is 18.9. The van der Waals surface area contributed by atoms with Gasteiger partial charge in [0, 0.05) is 31.5 Å². The van der Waals surface area contributed by atoms with Gasteiger partial charge in [0.05, 0.1) is 6.61 Å². The number of hydrogen-bond acceptors (Lipinski definition) is 4. The maximum Gasteiger partial charge on any atom is 0.269 e. The van der Waals surface area contributed by atoms with Gasteiger partial charge in [0.25, 0.3) is 5.91 Å². The summed E-state index contributed by atoms with van der Waals surface area (Å²) in [7, 11) is 0. The van der Waals surface area contributed by atoms with Gasteiger partial charge in [-0.1, -0.05) is 12.1 Å². The van der Waals surface area contributed by atoms with Crippen LogP contribution in [0.1, 0.15) is 29.1 Å². The molecule has 1 N–H and O–H groups in total. The second-order valence-electron chi connectivity index (χ2n) is 5.62. The Labute approximate surface area is 140 Å². The molecule has 0 unspecified atom stereocenters. The van der Waals surface area contributed by atoms with Crippen LogP contribution in [0.15, 0.2) is 42.6 Å². The molecule has 1 fully saturated rings. The number of rotatable bonds is 4. The number of amides is 1. The third-order valence-corrected chi connectivity index (χ3v) is 3.99. The summed E-state index contributed by atoms with van der Waals surface area (Å²) >= 11 is 0. The summed E-state index contributed by atoms with van der Waals surface area (Å²) in [4.78, 5) is 18.2. The molecule has 3 rings (SSSR count). The van der Waals surface area contributed by atoms with Crippen LogP contribution in [0, 0.1) is 5.82 Å². The van der Waals surface area contributed by atoms with Gasteiger partial charge in [0.15, 0.2) is 0 Å². The van der Waals surface area contributed by atoms with E-state index in [9.17, 15) is 9.18 Å². The molecule has 0 radical (unpaired) electrons. The van der Waals surface area contributed by atoms with Gasteiger partial charge in [-0.05, 0) is 36.8 Å². The fourth-order valence-electron chi connectivity index (χ4n) is 2.75. The average Bonchev–Trinajstić information content (AvgIpc) is 2.63. The number of ether oxygens (including phenoxy) is 1. The zero-order valence-corrected chi connectivity index (χ0v) is 13.5. The molecule has 1 atom stereocenters. The van der Waals surface area contributed by atoms with Gasteiger partial charge >= 0.3 is 0 Å². The molecule has 1 aromatic heterocycles. The van der Waals surface area contributed by atoms with Crippen LogP contribution in [0.4, 0.5) is 10.1 Å². The van der Waals surface area contributed by atoms with Crippen molar-refractivity contribution in [3.05, 3.63) is 59.7 Å². The van der Waals surface area contributed by atoms with Crippen molar-refractivity contribution in [2.24, 2.45) is 0 Å². The molecule has 0 spiro atoms. The zero-order valence-electron chi connectivity index (χ0n) is 13.5. The predicted octanol–water partition coefficient (Wildman–Crippen LogP) is 2.55. The van der Waals surface area contributed by atoms with Crippen molar-refractivity contribution in [3.63, 3.8) is 0 Å². The molecule has 6 heteroatoms. The highest BCUT2D eigenvalue weighted by Crippen LogP contribution is 2.26. The monoisotopic (exact) mass is 329 g/mol. The smallest absolute Gasteiger partial charge is 0.269 e. The highest BCUT2D eigenvalue weighted by atomic mass is 19.1. The van der Waals surface area contributed by atoms with E-state index in [0.717, 1.165) is 17.8 Å². The van der Waals surface area contributed by atoms with Crippen molar-refractivity contribution in [2.45, 2.75) is 13.0 Å². The molecule has 2 aromatic rings. The molecule has 0 saturated carbocycles. The third-order valence-electron chi connectivity index (χ3n) is 3.99. The van der Waals surface area contributed by atoms with Crippen LogP contribution in [0.25, 0.3) is 0 Å². The van der Waals surface area contributed by atoms with Crippen molar-refractivity contribution >= 4 is 11.6 Å². The van der Waals surface area contributed by atoms with Crippen LogP contribution in [0.2, 0.25) is 0 Å². The van der Waals surface area contributed by atoms with Gasteiger partial charge in [0.2, 0.25) is 0 Å². The van der Waals surface area contributed by atoms with Gasteiger partial charge in [0.1, 0.15) is 17.6 Å².